The fourth-order valence-corrected chi connectivity index (χ4v) is 3.59. The smallest absolute Gasteiger partial charge is 0.244 e. The van der Waals surface area contributed by atoms with Crippen LogP contribution in [0.1, 0.15) is 35.1 Å². The Morgan fingerprint density at radius 2 is 2.17 bits per heavy atom. The number of benzene rings is 1. The van der Waals surface area contributed by atoms with Gasteiger partial charge in [0.1, 0.15) is 12.4 Å². The molecule has 0 radical (unpaired) electrons. The molecule has 8 heteroatoms. The Labute approximate surface area is 178 Å². The molecule has 0 fully saturated rings. The highest BCUT2D eigenvalue weighted by Crippen LogP contribution is 2.17. The van der Waals surface area contributed by atoms with Crippen LogP contribution in [0.3, 0.4) is 0 Å². The summed E-state index contributed by atoms with van der Waals surface area (Å²) in [6, 6.07) is 13.0. The second kappa shape index (κ2) is 8.87. The molecule has 1 N–H and O–H groups in total. The lowest BCUT2D eigenvalue weighted by atomic mass is 10.2. The van der Waals surface area contributed by atoms with Gasteiger partial charge < -0.3 is 10.1 Å². The van der Waals surface area contributed by atoms with Crippen molar-refractivity contribution in [2.75, 3.05) is 0 Å². The van der Waals surface area contributed by atoms with E-state index < -0.39 is 0 Å². The number of carbonyl (C=O) groups is 1. The number of carbonyl (C=O) groups excluding carboxylic acids is 1. The average molecular weight is 420 g/mol. The molecule has 0 aliphatic rings. The molecule has 0 saturated carbocycles. The molecule has 4 rings (SSSR count). The van der Waals surface area contributed by atoms with Gasteiger partial charge in [0.25, 0.3) is 0 Å². The molecule has 0 aliphatic carbocycles. The molecule has 0 aliphatic heterocycles. The van der Waals surface area contributed by atoms with Crippen LogP contribution in [0.2, 0.25) is 0 Å². The number of fused-ring (bicyclic) bond motifs is 1. The Balaban J connectivity index is 1.36. The molecule has 1 amide bonds. The van der Waals surface area contributed by atoms with Crippen LogP contribution in [0, 0.1) is 6.92 Å². The van der Waals surface area contributed by atoms with E-state index in [1.165, 1.54) is 6.08 Å². The predicted octanol–water partition coefficient (Wildman–Crippen LogP) is 3.96. The molecule has 0 spiro atoms. The van der Waals surface area contributed by atoms with Crippen LogP contribution < -0.4 is 10.1 Å². The summed E-state index contributed by atoms with van der Waals surface area (Å²) in [4.78, 5) is 16.8. The number of nitrogens with one attached hydrogen (secondary N) is 1. The molecule has 3 aromatic heterocycles. The molecular weight excluding hydrogens is 398 g/mol. The summed E-state index contributed by atoms with van der Waals surface area (Å²) >= 11 is 1.60. The first-order valence-corrected chi connectivity index (χ1v) is 10.4. The van der Waals surface area contributed by atoms with Crippen molar-refractivity contribution in [3.8, 4) is 5.75 Å². The number of pyridine rings is 1. The van der Waals surface area contributed by atoms with Crippen LogP contribution in [-0.4, -0.2) is 25.5 Å². The Morgan fingerprint density at radius 1 is 1.27 bits per heavy atom. The number of thiazole rings is 1. The van der Waals surface area contributed by atoms with Crippen molar-refractivity contribution >= 4 is 29.0 Å². The highest BCUT2D eigenvalue weighted by Gasteiger charge is 2.14. The number of amides is 1. The molecule has 152 valence electrons. The van der Waals surface area contributed by atoms with Crippen molar-refractivity contribution < 1.29 is 9.53 Å². The van der Waals surface area contributed by atoms with Gasteiger partial charge in [0.05, 0.1) is 16.7 Å². The molecule has 1 atom stereocenters. The van der Waals surface area contributed by atoms with Crippen LogP contribution in [0.25, 0.3) is 11.7 Å². The van der Waals surface area contributed by atoms with E-state index in [-0.39, 0.29) is 11.9 Å². The van der Waals surface area contributed by atoms with Crippen molar-refractivity contribution in [2.24, 2.45) is 0 Å². The first-order chi connectivity index (χ1) is 14.6. The van der Waals surface area contributed by atoms with Gasteiger partial charge in [-0.3, -0.25) is 9.20 Å². The SMILES string of the molecule is Cc1nc(COc2cccc(/C=C/C(=O)NC(C)c3nnc4ccccn34)c2)cs1. The van der Waals surface area contributed by atoms with Gasteiger partial charge in [0.15, 0.2) is 11.5 Å². The first kappa shape index (κ1) is 19.8. The number of hydrogen-bond donors (Lipinski definition) is 1. The first-order valence-electron chi connectivity index (χ1n) is 9.50. The van der Waals surface area contributed by atoms with E-state index >= 15 is 0 Å². The van der Waals surface area contributed by atoms with Crippen molar-refractivity contribution in [1.82, 2.24) is 24.9 Å². The summed E-state index contributed by atoms with van der Waals surface area (Å²) in [5, 5.41) is 14.2. The topological polar surface area (TPSA) is 81.4 Å². The minimum Gasteiger partial charge on any atom is -0.487 e. The van der Waals surface area contributed by atoms with Crippen molar-refractivity contribution in [2.45, 2.75) is 26.5 Å². The quantitative estimate of drug-likeness (QED) is 0.459. The summed E-state index contributed by atoms with van der Waals surface area (Å²) in [5.41, 5.74) is 2.53. The number of rotatable bonds is 7. The van der Waals surface area contributed by atoms with Gasteiger partial charge in [-0.2, -0.15) is 0 Å². The molecule has 1 aromatic carbocycles. The van der Waals surface area contributed by atoms with Gasteiger partial charge in [0.2, 0.25) is 5.91 Å². The normalized spacial score (nSPS) is 12.3. The average Bonchev–Trinajstić information content (AvgIpc) is 3.37. The number of aromatic nitrogens is 4. The Morgan fingerprint density at radius 3 is 3.00 bits per heavy atom. The van der Waals surface area contributed by atoms with E-state index in [4.69, 9.17) is 4.74 Å². The van der Waals surface area contributed by atoms with E-state index in [1.54, 1.807) is 17.4 Å². The minimum atomic E-state index is -0.282. The molecule has 3 heterocycles. The molecule has 0 bridgehead atoms. The van der Waals surface area contributed by atoms with Crippen LogP contribution >= 0.6 is 11.3 Å². The van der Waals surface area contributed by atoms with Gasteiger partial charge in [-0.05, 0) is 49.8 Å². The fraction of sp³-hybridized carbons (Fsp3) is 0.182. The maximum Gasteiger partial charge on any atom is 0.244 e. The van der Waals surface area contributed by atoms with Crippen molar-refractivity contribution in [3.63, 3.8) is 0 Å². The second-order valence-corrected chi connectivity index (χ2v) is 7.83. The number of ether oxygens (including phenoxy) is 1. The maximum absolute atomic E-state index is 12.4. The summed E-state index contributed by atoms with van der Waals surface area (Å²) in [7, 11) is 0. The molecule has 7 nitrogen and oxygen atoms in total. The lowest BCUT2D eigenvalue weighted by Crippen LogP contribution is -2.26. The Bertz CT molecular complexity index is 1200. The third kappa shape index (κ3) is 4.72. The Hall–Kier alpha value is -3.52. The molecular formula is C22H21N5O2S. The molecule has 0 saturated heterocycles. The highest BCUT2D eigenvalue weighted by atomic mass is 32.1. The zero-order chi connectivity index (χ0) is 20.9. The van der Waals surface area contributed by atoms with E-state index in [1.807, 2.05) is 72.3 Å². The third-order valence-electron chi connectivity index (χ3n) is 4.42. The lowest BCUT2D eigenvalue weighted by molar-refractivity contribution is -0.117. The zero-order valence-corrected chi connectivity index (χ0v) is 17.5. The summed E-state index contributed by atoms with van der Waals surface area (Å²) < 4.78 is 7.66. The lowest BCUT2D eigenvalue weighted by Gasteiger charge is -2.10. The third-order valence-corrected chi connectivity index (χ3v) is 5.25. The summed E-state index contributed by atoms with van der Waals surface area (Å²) in [6.07, 6.45) is 5.13. The van der Waals surface area contributed by atoms with Crippen LogP contribution in [0.4, 0.5) is 0 Å². The summed E-state index contributed by atoms with van der Waals surface area (Å²) in [6.45, 7) is 4.27. The van der Waals surface area contributed by atoms with E-state index in [0.717, 1.165) is 27.7 Å². The standard InChI is InChI=1S/C22H21N5O2S/c1-15(22-26-25-20-8-3-4-11-27(20)22)23-21(28)10-9-17-6-5-7-19(12-17)29-13-18-14-30-16(2)24-18/h3-12,14-15H,13H2,1-2H3,(H,23,28)/b10-9+. The maximum atomic E-state index is 12.4. The van der Waals surface area contributed by atoms with Crippen LogP contribution in [-0.2, 0) is 11.4 Å². The molecule has 1 unspecified atom stereocenters. The van der Waals surface area contributed by atoms with Crippen LogP contribution in [0.5, 0.6) is 5.75 Å². The number of nitrogens with zero attached hydrogens (tertiary/aromatic N) is 4. The second-order valence-electron chi connectivity index (χ2n) is 6.77. The van der Waals surface area contributed by atoms with E-state index in [2.05, 4.69) is 20.5 Å². The largest absolute Gasteiger partial charge is 0.487 e. The molecule has 4 aromatic rings. The van der Waals surface area contributed by atoms with Gasteiger partial charge in [-0.15, -0.1) is 21.5 Å². The summed E-state index contributed by atoms with van der Waals surface area (Å²) in [5.74, 6) is 1.20. The van der Waals surface area contributed by atoms with Gasteiger partial charge >= 0.3 is 0 Å². The minimum absolute atomic E-state index is 0.209. The van der Waals surface area contributed by atoms with Crippen molar-refractivity contribution in [3.05, 3.63) is 82.2 Å². The predicted molar refractivity (Wildman–Crippen MR) is 116 cm³/mol. The van der Waals surface area contributed by atoms with Gasteiger partial charge in [-0.1, -0.05) is 18.2 Å². The van der Waals surface area contributed by atoms with Crippen LogP contribution in [0.15, 0.2) is 60.1 Å². The van der Waals surface area contributed by atoms with Gasteiger partial charge in [-0.25, -0.2) is 4.98 Å². The number of aryl methyl sites for hydroxylation is 1. The number of hydrogen-bond acceptors (Lipinski definition) is 6. The zero-order valence-electron chi connectivity index (χ0n) is 16.6. The molecule has 30 heavy (non-hydrogen) atoms. The fourth-order valence-electron chi connectivity index (χ4n) is 2.99. The van der Waals surface area contributed by atoms with Gasteiger partial charge in [0, 0.05) is 17.7 Å². The van der Waals surface area contributed by atoms with E-state index in [0.29, 0.717) is 12.4 Å². The highest BCUT2D eigenvalue weighted by molar-refractivity contribution is 7.09. The van der Waals surface area contributed by atoms with Crippen molar-refractivity contribution in [1.29, 1.82) is 0 Å². The Kier molecular flexibility index (Phi) is 5.85. The van der Waals surface area contributed by atoms with E-state index in [9.17, 15) is 4.79 Å². The monoisotopic (exact) mass is 419 g/mol.